The average molecular weight is 1680 g/mol. The molecule has 0 aliphatic rings. The number of carboxylic acid groups (broad SMARTS) is 3. The number of ketones is 2. The molecular weight excluding hydrogens is 1570 g/mol. The molecule has 0 unspecified atom stereocenters. The molecule has 0 fully saturated rings. The molecule has 4 aromatic rings. The molecule has 30 nitrogen and oxygen atoms in total. The van der Waals surface area contributed by atoms with Crippen molar-refractivity contribution in [1.82, 2.24) is 37.2 Å². The SMILES string of the molecule is CC(=O)OC(C)=O.CCl.CI.CI.CN[C@H](CO)C(=O)NCc1ccccc1.CN[C@H](CO)C(=O)O.CN[C@H](COC)C(=O)NCc1ccccc1.CN[C@H](COC)C(=O)O.COC[C@@H](N)C(=O)CCc1ccccc1.COC[C@@H](NC(C)=O)C(=O)CCc1ccccc1.N[C@H](CO)C(=O)O. The third-order valence-electron chi connectivity index (χ3n) is 11.9. The maximum Gasteiger partial charge on any atom is 0.323 e. The predicted molar refractivity (Wildman–Crippen MR) is 407 cm³/mol. The van der Waals surface area contributed by atoms with E-state index in [9.17, 15) is 47.9 Å². The number of ether oxygens (including phenoxy) is 5. The monoisotopic (exact) mass is 1680 g/mol. The van der Waals surface area contributed by atoms with Gasteiger partial charge in [-0.1, -0.05) is 167 Å². The lowest BCUT2D eigenvalue weighted by atomic mass is 10.0. The van der Waals surface area contributed by atoms with Crippen LogP contribution in [0.25, 0.3) is 0 Å². The Kier molecular flexibility index (Phi) is 82.8. The van der Waals surface area contributed by atoms with Crippen molar-refractivity contribution >= 4 is 116 Å². The van der Waals surface area contributed by atoms with Crippen LogP contribution < -0.4 is 48.7 Å². The largest absolute Gasteiger partial charge is 0.480 e. The van der Waals surface area contributed by atoms with Gasteiger partial charge in [-0.15, -0.1) is 11.6 Å². The van der Waals surface area contributed by atoms with Gasteiger partial charge >= 0.3 is 29.8 Å². The minimum atomic E-state index is -1.18. The lowest BCUT2D eigenvalue weighted by Gasteiger charge is -2.15. The van der Waals surface area contributed by atoms with Gasteiger partial charge in [0.1, 0.15) is 36.3 Å². The number of hydrogen-bond donors (Lipinski definition) is 15. The quantitative estimate of drug-likeness (QED) is 0.0141. The summed E-state index contributed by atoms with van der Waals surface area (Å²) in [5, 5.41) is 68.3. The molecular formula is C68H112ClI2N9O21. The number of nitrogens with one attached hydrogen (secondary N) is 7. The first-order valence-electron chi connectivity index (χ1n) is 30.7. The van der Waals surface area contributed by atoms with Crippen molar-refractivity contribution in [1.29, 1.82) is 0 Å². The van der Waals surface area contributed by atoms with Crippen LogP contribution in [0.15, 0.2) is 121 Å². The predicted octanol–water partition coefficient (Wildman–Crippen LogP) is 2.32. The zero-order valence-corrected chi connectivity index (χ0v) is 65.4. The summed E-state index contributed by atoms with van der Waals surface area (Å²) < 4.78 is 23.3. The molecule has 576 valence electrons. The number of halogens is 3. The molecule has 0 heterocycles. The van der Waals surface area contributed by atoms with Crippen LogP contribution in [0.2, 0.25) is 0 Å². The van der Waals surface area contributed by atoms with Crippen LogP contribution >= 0.6 is 56.8 Å². The fraction of sp³-hybridized carbons (Fsp3) is 0.500. The van der Waals surface area contributed by atoms with E-state index in [4.69, 9.17) is 56.3 Å². The number of carboxylic acids is 3. The number of likely N-dealkylation sites (N-methyl/N-ethyl adjacent to an activating group) is 4. The molecule has 0 saturated carbocycles. The Morgan fingerprint density at radius 2 is 0.723 bits per heavy atom. The molecule has 3 amide bonds. The second-order valence-corrected chi connectivity index (χ2v) is 19.6. The zero-order valence-electron chi connectivity index (χ0n) is 60.4. The van der Waals surface area contributed by atoms with Crippen molar-refractivity contribution in [3.63, 3.8) is 0 Å². The number of alkyl halides is 3. The first-order chi connectivity index (χ1) is 48.2. The summed E-state index contributed by atoms with van der Waals surface area (Å²) in [6.07, 6.45) is 3.78. The van der Waals surface area contributed by atoms with Gasteiger partial charge in [0, 0.05) is 81.5 Å². The fourth-order valence-electron chi connectivity index (χ4n) is 6.68. The van der Waals surface area contributed by atoms with Gasteiger partial charge < -0.3 is 103 Å². The minimum absolute atomic E-state index is 0.00379. The van der Waals surface area contributed by atoms with Crippen molar-refractivity contribution in [3.05, 3.63) is 144 Å². The van der Waals surface area contributed by atoms with Gasteiger partial charge in [0.15, 0.2) is 11.6 Å². The molecule has 0 aliphatic heterocycles. The Hall–Kier alpha value is -6.59. The number of amides is 3. The van der Waals surface area contributed by atoms with Crippen molar-refractivity contribution in [2.75, 3.05) is 119 Å². The van der Waals surface area contributed by atoms with Crippen LogP contribution in [-0.2, 0) is 97.6 Å². The number of Topliss-reactive ketones (excluding diaryl/α,β-unsaturated/α-hetero) is 2. The summed E-state index contributed by atoms with van der Waals surface area (Å²) in [6.45, 7) is 4.80. The summed E-state index contributed by atoms with van der Waals surface area (Å²) in [7, 11) is 12.5. The number of benzene rings is 4. The van der Waals surface area contributed by atoms with E-state index in [2.05, 4.69) is 103 Å². The summed E-state index contributed by atoms with van der Waals surface area (Å²) in [5.74, 6) is -4.63. The summed E-state index contributed by atoms with van der Waals surface area (Å²) in [4.78, 5) is 111. The zero-order chi connectivity index (χ0) is 78.9. The van der Waals surface area contributed by atoms with Gasteiger partial charge in [-0.2, -0.15) is 0 Å². The number of nitrogens with two attached hydrogens (primary N) is 2. The number of aryl methyl sites for hydroxylation is 2. The molecule has 0 bridgehead atoms. The number of carbonyl (C=O) groups excluding carboxylic acids is 7. The fourth-order valence-corrected chi connectivity index (χ4v) is 6.68. The summed E-state index contributed by atoms with van der Waals surface area (Å²) >= 11 is 8.94. The molecule has 0 radical (unpaired) electrons. The molecule has 0 aliphatic carbocycles. The first-order valence-corrected chi connectivity index (χ1v) is 35.8. The highest BCUT2D eigenvalue weighted by Gasteiger charge is 2.20. The molecule has 0 saturated heterocycles. The first kappa shape index (κ1) is 108. The number of hydrogen-bond acceptors (Lipinski definition) is 24. The highest BCUT2D eigenvalue weighted by Crippen LogP contribution is 2.06. The highest BCUT2D eigenvalue weighted by atomic mass is 127. The maximum absolute atomic E-state index is 11.9. The summed E-state index contributed by atoms with van der Waals surface area (Å²) in [6, 6.07) is 34.8. The van der Waals surface area contributed by atoms with Crippen molar-refractivity contribution in [3.8, 4) is 0 Å². The molecule has 4 aromatic carbocycles. The van der Waals surface area contributed by atoms with Gasteiger partial charge in [0.25, 0.3) is 0 Å². The van der Waals surface area contributed by atoms with Crippen LogP contribution in [0.1, 0.15) is 55.9 Å². The van der Waals surface area contributed by atoms with Gasteiger partial charge in [-0.3, -0.25) is 47.9 Å². The smallest absolute Gasteiger partial charge is 0.323 e. The van der Waals surface area contributed by atoms with Crippen LogP contribution in [0.5, 0.6) is 0 Å². The Morgan fingerprint density at radius 3 is 0.960 bits per heavy atom. The van der Waals surface area contributed by atoms with E-state index < -0.39 is 72.7 Å². The normalized spacial score (nSPS) is 11.5. The molecule has 17 N–H and O–H groups in total. The number of carbonyl (C=O) groups is 10. The molecule has 33 heteroatoms. The third kappa shape index (κ3) is 67.7. The lowest BCUT2D eigenvalue weighted by molar-refractivity contribution is -0.156. The van der Waals surface area contributed by atoms with Gasteiger partial charge in [0.05, 0.1) is 52.3 Å². The van der Waals surface area contributed by atoms with E-state index in [1.807, 2.05) is 131 Å². The number of esters is 2. The maximum atomic E-state index is 11.9. The van der Waals surface area contributed by atoms with Crippen molar-refractivity contribution in [2.45, 2.75) is 102 Å². The van der Waals surface area contributed by atoms with E-state index in [-0.39, 0.29) is 61.8 Å². The number of methoxy groups -OCH3 is 4. The average Bonchev–Trinajstić information content (AvgIpc) is 1.16. The van der Waals surface area contributed by atoms with Gasteiger partial charge in [0.2, 0.25) is 17.7 Å². The molecule has 101 heavy (non-hydrogen) atoms. The standard InChI is InChI=1S/C14H19NO3.C12H18N2O2.C12H17NO2.C11H16N2O2.C5H11NO3.C4H9NO3.C4H6O3.C3H7NO3.CH3Cl.2CH3I/c1-11(16)15-13(10-18-2)14(17)9-8-12-6-4-3-5-7-12;1-13-11(9-16-2)12(15)14-8-10-6-4-3-5-7-10;1-15-9-11(13)12(14)8-7-10-5-3-2-4-6-10;1-12-10(8-14)11(15)13-7-9-5-3-2-4-6-9;1-6-4(3-9-2)5(7)8;1-5-3(2-6)4(7)8;1-3(5)7-4(2)6;4-2(1-5)3(6)7;3*1-2/h3-7,13H,8-10H2,1-2H3,(H,15,16);3-7,11,13H,8-9H2,1-2H3,(H,14,15);2-6,11H,7-9,13H2,1H3;2-6,10,12,14H,7-8H2,1H3,(H,13,15);4,6H,3H2,1-2H3,(H,7,8);3,5-6H,2H2,1H3,(H,7,8);1-2H3;2,5H,1,4H2,(H,6,7);3*1H3/t13-;2*11-;10-;4-;3-;;2-;;;/m111111.1.../s1. The van der Waals surface area contributed by atoms with Gasteiger partial charge in [-0.25, -0.2) is 0 Å². The number of aliphatic hydroxyl groups excluding tert-OH is 3. The third-order valence-corrected chi connectivity index (χ3v) is 11.9. The van der Waals surface area contributed by atoms with Crippen LogP contribution in [0, 0.1) is 0 Å². The van der Waals surface area contributed by atoms with E-state index in [0.29, 0.717) is 45.6 Å². The van der Waals surface area contributed by atoms with E-state index in [1.165, 1.54) is 48.4 Å². The second kappa shape index (κ2) is 77.6. The number of rotatable bonds is 33. The lowest BCUT2D eigenvalue weighted by Crippen LogP contribution is -2.45. The Morgan fingerprint density at radius 1 is 0.416 bits per heavy atom. The molecule has 4 rings (SSSR count). The minimum Gasteiger partial charge on any atom is -0.480 e. The number of aliphatic hydroxyl groups is 3. The van der Waals surface area contributed by atoms with E-state index in [1.54, 1.807) is 35.4 Å². The van der Waals surface area contributed by atoms with E-state index in [0.717, 1.165) is 28.7 Å². The highest BCUT2D eigenvalue weighted by molar-refractivity contribution is 14.1. The van der Waals surface area contributed by atoms with Crippen molar-refractivity contribution < 1.29 is 102 Å². The summed E-state index contributed by atoms with van der Waals surface area (Å²) in [5.41, 5.74) is 14.8. The van der Waals surface area contributed by atoms with E-state index >= 15 is 0 Å². The molecule has 7 atom stereocenters. The Bertz CT molecular complexity index is 2680. The molecule has 0 spiro atoms. The second-order valence-electron chi connectivity index (χ2n) is 19.6. The Balaban J connectivity index is -0.000000202. The Labute approximate surface area is 627 Å². The van der Waals surface area contributed by atoms with Crippen LogP contribution in [0.4, 0.5) is 0 Å². The van der Waals surface area contributed by atoms with Crippen molar-refractivity contribution in [2.24, 2.45) is 11.5 Å². The number of aliphatic carboxylic acids is 3. The van der Waals surface area contributed by atoms with Crippen LogP contribution in [0.3, 0.4) is 0 Å². The van der Waals surface area contributed by atoms with Crippen LogP contribution in [-0.4, -0.2) is 251 Å². The molecule has 0 aromatic heterocycles. The van der Waals surface area contributed by atoms with Gasteiger partial charge in [-0.05, 0) is 73.1 Å². The topological polar surface area (TPSA) is 474 Å².